The first-order chi connectivity index (χ1) is 12.7. The lowest BCUT2D eigenvalue weighted by molar-refractivity contribution is 0.102. The molecule has 2 aromatic heterocycles. The maximum Gasteiger partial charge on any atom is 0.255 e. The molecule has 128 valence electrons. The molecule has 0 aliphatic carbocycles. The third-order valence-corrected chi connectivity index (χ3v) is 4.35. The molecule has 5 heteroatoms. The van der Waals surface area contributed by atoms with Gasteiger partial charge in [0.1, 0.15) is 0 Å². The maximum atomic E-state index is 12.4. The number of anilines is 2. The fourth-order valence-corrected chi connectivity index (χ4v) is 2.93. The van der Waals surface area contributed by atoms with Gasteiger partial charge in [-0.15, -0.1) is 0 Å². The van der Waals surface area contributed by atoms with Gasteiger partial charge in [-0.05, 0) is 42.0 Å². The summed E-state index contributed by atoms with van der Waals surface area (Å²) >= 11 is 0. The third kappa shape index (κ3) is 3.15. The Bertz CT molecular complexity index is 1070. The van der Waals surface area contributed by atoms with Gasteiger partial charge in [-0.25, -0.2) is 0 Å². The summed E-state index contributed by atoms with van der Waals surface area (Å²) in [4.78, 5) is 16.6. The van der Waals surface area contributed by atoms with Crippen LogP contribution in [0.3, 0.4) is 0 Å². The van der Waals surface area contributed by atoms with Crippen LogP contribution in [0.25, 0.3) is 10.9 Å². The molecular weight excluding hydrogens is 324 g/mol. The summed E-state index contributed by atoms with van der Waals surface area (Å²) < 4.78 is 2.14. The fourth-order valence-electron chi connectivity index (χ4n) is 2.93. The molecule has 4 aromatic rings. The van der Waals surface area contributed by atoms with Gasteiger partial charge in [0.05, 0.1) is 23.1 Å². The van der Waals surface area contributed by atoms with E-state index in [9.17, 15) is 4.79 Å². The van der Waals surface area contributed by atoms with Crippen molar-refractivity contribution >= 4 is 28.2 Å². The van der Waals surface area contributed by atoms with Crippen LogP contribution >= 0.6 is 0 Å². The minimum absolute atomic E-state index is 0.176. The van der Waals surface area contributed by atoms with Gasteiger partial charge in [-0.1, -0.05) is 24.3 Å². The van der Waals surface area contributed by atoms with Crippen molar-refractivity contribution in [2.75, 3.05) is 11.1 Å². The molecule has 0 atom stereocenters. The largest absolute Gasteiger partial charge is 0.397 e. The van der Waals surface area contributed by atoms with Crippen molar-refractivity contribution in [3.63, 3.8) is 0 Å². The second-order valence-corrected chi connectivity index (χ2v) is 6.12. The summed E-state index contributed by atoms with van der Waals surface area (Å²) in [6.07, 6.45) is 5.70. The number of nitrogens with two attached hydrogens (primary N) is 1. The summed E-state index contributed by atoms with van der Waals surface area (Å²) in [5.41, 5.74) is 9.83. The Kier molecular flexibility index (Phi) is 4.11. The Morgan fingerprint density at radius 2 is 1.85 bits per heavy atom. The minimum atomic E-state index is -0.176. The molecule has 3 N–H and O–H groups in total. The number of para-hydroxylation sites is 2. The zero-order valence-electron chi connectivity index (χ0n) is 14.1. The molecule has 0 saturated carbocycles. The van der Waals surface area contributed by atoms with Crippen LogP contribution in [0, 0.1) is 0 Å². The molecule has 2 heterocycles. The molecule has 4 rings (SSSR count). The number of amides is 1. The quantitative estimate of drug-likeness (QED) is 0.552. The van der Waals surface area contributed by atoms with Crippen LogP contribution in [0.2, 0.25) is 0 Å². The van der Waals surface area contributed by atoms with Crippen LogP contribution < -0.4 is 11.1 Å². The van der Waals surface area contributed by atoms with Gasteiger partial charge >= 0.3 is 0 Å². The fraction of sp³-hybridized carbons (Fsp3) is 0.0476. The number of hydrogen-bond acceptors (Lipinski definition) is 3. The number of benzene rings is 2. The second-order valence-electron chi connectivity index (χ2n) is 6.12. The smallest absolute Gasteiger partial charge is 0.255 e. The van der Waals surface area contributed by atoms with E-state index in [4.69, 9.17) is 5.73 Å². The van der Waals surface area contributed by atoms with Crippen LogP contribution in [0.15, 0.2) is 79.3 Å². The number of aromatic nitrogens is 2. The molecule has 0 unspecified atom stereocenters. The predicted molar refractivity (Wildman–Crippen MR) is 104 cm³/mol. The summed E-state index contributed by atoms with van der Waals surface area (Å²) in [5, 5.41) is 4.00. The van der Waals surface area contributed by atoms with Crippen molar-refractivity contribution in [1.82, 2.24) is 9.55 Å². The van der Waals surface area contributed by atoms with Crippen molar-refractivity contribution in [3.05, 3.63) is 90.4 Å². The van der Waals surface area contributed by atoms with E-state index >= 15 is 0 Å². The highest BCUT2D eigenvalue weighted by atomic mass is 16.1. The Balaban J connectivity index is 1.50. The van der Waals surface area contributed by atoms with E-state index in [1.165, 1.54) is 0 Å². The second kappa shape index (κ2) is 6.72. The number of nitrogens with one attached hydrogen (secondary N) is 1. The van der Waals surface area contributed by atoms with E-state index < -0.39 is 0 Å². The lowest BCUT2D eigenvalue weighted by atomic mass is 10.1. The molecule has 0 aliphatic rings. The Labute approximate surface area is 151 Å². The highest BCUT2D eigenvalue weighted by Crippen LogP contribution is 2.19. The predicted octanol–water partition coefficient (Wildman–Crippen LogP) is 3.92. The topological polar surface area (TPSA) is 72.9 Å². The van der Waals surface area contributed by atoms with Crippen molar-refractivity contribution in [2.45, 2.75) is 6.54 Å². The number of pyridine rings is 1. The standard InChI is InChI=1S/C21H18N4O/c22-18-3-1-2-4-19(18)24-21(26)17-7-5-15(6-8-17)14-25-12-10-16-9-11-23-13-20(16)25/h1-13H,14,22H2,(H,24,26). The SMILES string of the molecule is Nc1ccccc1NC(=O)c1ccc(Cn2ccc3ccncc32)cc1. The first-order valence-electron chi connectivity index (χ1n) is 8.34. The average Bonchev–Trinajstić information content (AvgIpc) is 3.07. The molecule has 0 aliphatic heterocycles. The van der Waals surface area contributed by atoms with E-state index in [0.717, 1.165) is 23.0 Å². The van der Waals surface area contributed by atoms with Gasteiger partial charge in [0.15, 0.2) is 0 Å². The molecule has 0 spiro atoms. The van der Waals surface area contributed by atoms with E-state index in [-0.39, 0.29) is 5.91 Å². The van der Waals surface area contributed by atoms with Crippen LogP contribution in [0.4, 0.5) is 11.4 Å². The number of rotatable bonds is 4. The van der Waals surface area contributed by atoms with E-state index in [1.54, 1.807) is 18.3 Å². The number of carbonyl (C=O) groups is 1. The summed E-state index contributed by atoms with van der Waals surface area (Å²) in [7, 11) is 0. The number of fused-ring (bicyclic) bond motifs is 1. The number of nitrogens with zero attached hydrogens (tertiary/aromatic N) is 2. The van der Waals surface area contributed by atoms with Gasteiger partial charge in [-0.3, -0.25) is 9.78 Å². The van der Waals surface area contributed by atoms with Crippen LogP contribution in [-0.4, -0.2) is 15.5 Å². The van der Waals surface area contributed by atoms with Crippen LogP contribution in [0.5, 0.6) is 0 Å². The number of nitrogen functional groups attached to an aromatic ring is 1. The van der Waals surface area contributed by atoms with Crippen molar-refractivity contribution in [1.29, 1.82) is 0 Å². The zero-order valence-corrected chi connectivity index (χ0v) is 14.1. The molecule has 0 saturated heterocycles. The molecule has 2 aromatic carbocycles. The molecular formula is C21H18N4O. The molecule has 0 bridgehead atoms. The van der Waals surface area contributed by atoms with E-state index in [0.29, 0.717) is 16.9 Å². The first-order valence-corrected chi connectivity index (χ1v) is 8.34. The van der Waals surface area contributed by atoms with Gasteiger partial charge in [0.2, 0.25) is 0 Å². The summed E-state index contributed by atoms with van der Waals surface area (Å²) in [6.45, 7) is 0.725. The molecule has 0 radical (unpaired) electrons. The third-order valence-electron chi connectivity index (χ3n) is 4.35. The monoisotopic (exact) mass is 342 g/mol. The van der Waals surface area contributed by atoms with Gasteiger partial charge < -0.3 is 15.6 Å². The van der Waals surface area contributed by atoms with Crippen molar-refractivity contribution in [3.8, 4) is 0 Å². The highest BCUT2D eigenvalue weighted by molar-refractivity contribution is 6.05. The summed E-state index contributed by atoms with van der Waals surface area (Å²) in [6, 6.07) is 18.9. The van der Waals surface area contributed by atoms with E-state index in [2.05, 4.69) is 20.9 Å². The van der Waals surface area contributed by atoms with Crippen molar-refractivity contribution in [2.24, 2.45) is 0 Å². The molecule has 1 amide bonds. The minimum Gasteiger partial charge on any atom is -0.397 e. The maximum absolute atomic E-state index is 12.4. The highest BCUT2D eigenvalue weighted by Gasteiger charge is 2.08. The molecule has 26 heavy (non-hydrogen) atoms. The number of carbonyl (C=O) groups excluding carboxylic acids is 1. The number of hydrogen-bond donors (Lipinski definition) is 2. The lowest BCUT2D eigenvalue weighted by Gasteiger charge is -2.09. The van der Waals surface area contributed by atoms with E-state index in [1.807, 2.05) is 54.9 Å². The van der Waals surface area contributed by atoms with Gasteiger partial charge in [0.25, 0.3) is 5.91 Å². The Morgan fingerprint density at radius 3 is 2.65 bits per heavy atom. The van der Waals surface area contributed by atoms with Crippen LogP contribution in [-0.2, 0) is 6.54 Å². The van der Waals surface area contributed by atoms with Crippen molar-refractivity contribution < 1.29 is 4.79 Å². The first kappa shape index (κ1) is 15.9. The lowest BCUT2D eigenvalue weighted by Crippen LogP contribution is -2.13. The van der Waals surface area contributed by atoms with Gasteiger partial charge in [0, 0.05) is 29.9 Å². The zero-order chi connectivity index (χ0) is 17.9. The van der Waals surface area contributed by atoms with Gasteiger partial charge in [-0.2, -0.15) is 0 Å². The normalized spacial score (nSPS) is 10.8. The van der Waals surface area contributed by atoms with Crippen LogP contribution in [0.1, 0.15) is 15.9 Å². The molecule has 0 fully saturated rings. The Morgan fingerprint density at radius 1 is 1.04 bits per heavy atom. The Hall–Kier alpha value is -3.60. The summed E-state index contributed by atoms with van der Waals surface area (Å²) in [5.74, 6) is -0.176. The average molecular weight is 342 g/mol. The molecule has 5 nitrogen and oxygen atoms in total.